The van der Waals surface area contributed by atoms with Gasteiger partial charge in [0.05, 0.1) is 0 Å². The second-order valence-electron chi connectivity index (χ2n) is 3.84. The second kappa shape index (κ2) is 8.61. The molecule has 3 nitrogen and oxygen atoms in total. The van der Waals surface area contributed by atoms with Gasteiger partial charge in [-0.15, -0.1) is 0 Å². The summed E-state index contributed by atoms with van der Waals surface area (Å²) in [5.74, 6) is 0. The van der Waals surface area contributed by atoms with Crippen LogP contribution in [0.4, 0.5) is 0 Å². The van der Waals surface area contributed by atoms with Gasteiger partial charge >= 0.3 is 19.3 Å². The van der Waals surface area contributed by atoms with Crippen LogP contribution in [0.5, 0.6) is 0 Å². The van der Waals surface area contributed by atoms with Gasteiger partial charge in [-0.2, -0.15) is 0 Å². The highest BCUT2D eigenvalue weighted by atomic mass is 28.4. The van der Waals surface area contributed by atoms with Crippen molar-refractivity contribution in [3.05, 3.63) is 0 Å². The van der Waals surface area contributed by atoms with Crippen LogP contribution in [0.25, 0.3) is 0 Å². The third kappa shape index (κ3) is 5.92. The van der Waals surface area contributed by atoms with Gasteiger partial charge in [-0.1, -0.05) is 51.9 Å². The zero-order valence-corrected chi connectivity index (χ0v) is 11.7. The lowest BCUT2D eigenvalue weighted by atomic mass is 10.1. The molecule has 0 aromatic heterocycles. The molecular weight excluding hydrogens is 212 g/mol. The number of unbranched alkanes of at least 4 members (excludes halogenated alkanes) is 6. The summed E-state index contributed by atoms with van der Waals surface area (Å²) in [6.07, 6.45) is 9.50. The molecule has 5 heteroatoms. The van der Waals surface area contributed by atoms with Gasteiger partial charge in [0.15, 0.2) is 0 Å². The van der Waals surface area contributed by atoms with Gasteiger partial charge < -0.3 is 4.12 Å². The fraction of sp³-hybridized carbons (Fsp3) is 1.00. The van der Waals surface area contributed by atoms with E-state index in [9.17, 15) is 0 Å². The zero-order valence-electron chi connectivity index (χ0n) is 9.17. The maximum atomic E-state index is 5.43. The van der Waals surface area contributed by atoms with Crippen LogP contribution in [0.2, 0.25) is 6.04 Å². The fourth-order valence-corrected chi connectivity index (χ4v) is 4.90. The van der Waals surface area contributed by atoms with Gasteiger partial charge in [0.2, 0.25) is 0 Å². The van der Waals surface area contributed by atoms with E-state index < -0.39 is 19.3 Å². The Kier molecular flexibility index (Phi) is 7.61. The van der Waals surface area contributed by atoms with Crippen molar-refractivity contribution in [2.45, 2.75) is 57.9 Å². The molecule has 0 aromatic carbocycles. The molecule has 0 spiro atoms. The molecule has 0 aromatic rings. The van der Waals surface area contributed by atoms with E-state index in [1.54, 1.807) is 0 Å². The first-order valence-electron chi connectivity index (χ1n) is 5.83. The predicted octanol–water partition coefficient (Wildman–Crippen LogP) is 1.93. The summed E-state index contributed by atoms with van der Waals surface area (Å²) >= 11 is 0. The molecule has 1 saturated heterocycles. The quantitative estimate of drug-likeness (QED) is 0.365. The summed E-state index contributed by atoms with van der Waals surface area (Å²) in [7, 11) is -2.02. The Morgan fingerprint density at radius 3 is 2.36 bits per heavy atom. The molecule has 0 aliphatic carbocycles. The van der Waals surface area contributed by atoms with E-state index in [0.29, 0.717) is 0 Å². The summed E-state index contributed by atoms with van der Waals surface area (Å²) in [5.41, 5.74) is 0. The largest absolute Gasteiger partial charge is 0.418 e. The third-order valence-electron chi connectivity index (χ3n) is 2.52. The highest BCUT2D eigenvalue weighted by Gasteiger charge is 2.20. The molecule has 1 heterocycles. The molecule has 1 aliphatic rings. The van der Waals surface area contributed by atoms with E-state index in [1.807, 2.05) is 0 Å². The number of hydrogen-bond donors (Lipinski definition) is 0. The summed E-state index contributed by atoms with van der Waals surface area (Å²) in [4.78, 5) is 0. The van der Waals surface area contributed by atoms with Crippen LogP contribution in [-0.2, 0) is 13.3 Å². The molecular formula is C9H22O3Si2. The molecule has 0 saturated carbocycles. The van der Waals surface area contributed by atoms with Crippen molar-refractivity contribution in [2.24, 2.45) is 0 Å². The average molecular weight is 234 g/mol. The van der Waals surface area contributed by atoms with Gasteiger partial charge in [-0.25, -0.2) is 0 Å². The van der Waals surface area contributed by atoms with E-state index in [-0.39, 0.29) is 0 Å². The van der Waals surface area contributed by atoms with E-state index >= 15 is 0 Å². The summed E-state index contributed by atoms with van der Waals surface area (Å²) in [5, 5.41) is 0. The van der Waals surface area contributed by atoms with Gasteiger partial charge in [0, 0.05) is 0 Å². The van der Waals surface area contributed by atoms with Crippen molar-refractivity contribution in [3.8, 4) is 0 Å². The van der Waals surface area contributed by atoms with Crippen LogP contribution in [0, 0.1) is 0 Å². The van der Waals surface area contributed by atoms with Crippen molar-refractivity contribution < 1.29 is 13.3 Å². The molecule has 84 valence electrons. The highest BCUT2D eigenvalue weighted by Crippen LogP contribution is 2.12. The Labute approximate surface area is 91.0 Å². The van der Waals surface area contributed by atoms with Crippen molar-refractivity contribution >= 4 is 19.3 Å². The lowest BCUT2D eigenvalue weighted by Gasteiger charge is -2.04. The van der Waals surface area contributed by atoms with Gasteiger partial charge in [0.25, 0.3) is 0 Å². The minimum Gasteiger partial charge on any atom is -0.418 e. The van der Waals surface area contributed by atoms with Crippen LogP contribution < -0.4 is 0 Å². The maximum Gasteiger partial charge on any atom is 0.349 e. The summed E-state index contributed by atoms with van der Waals surface area (Å²) in [6, 6.07) is 1.14. The molecule has 0 amide bonds. The van der Waals surface area contributed by atoms with E-state index in [1.165, 1.54) is 44.9 Å². The van der Waals surface area contributed by atoms with Crippen molar-refractivity contribution in [1.82, 2.24) is 0 Å². The molecule has 0 bridgehead atoms. The molecule has 1 atom stereocenters. The summed E-state index contributed by atoms with van der Waals surface area (Å²) in [6.45, 7) is 2.25. The predicted molar refractivity (Wildman–Crippen MR) is 61.7 cm³/mol. The van der Waals surface area contributed by atoms with Crippen LogP contribution in [-0.4, -0.2) is 19.3 Å². The Hall–Kier alpha value is 0.314. The smallest absolute Gasteiger partial charge is 0.349 e. The van der Waals surface area contributed by atoms with Crippen molar-refractivity contribution in [3.63, 3.8) is 0 Å². The Balaban J connectivity index is 1.75. The van der Waals surface area contributed by atoms with Crippen LogP contribution in [0.15, 0.2) is 0 Å². The molecule has 14 heavy (non-hydrogen) atoms. The van der Waals surface area contributed by atoms with Crippen LogP contribution in [0.1, 0.15) is 51.9 Å². The Morgan fingerprint density at radius 1 is 1.00 bits per heavy atom. The second-order valence-corrected chi connectivity index (χ2v) is 7.27. The first-order chi connectivity index (χ1) is 6.93. The molecule has 0 radical (unpaired) electrons. The fourth-order valence-electron chi connectivity index (χ4n) is 1.63. The maximum absolute atomic E-state index is 5.43. The van der Waals surface area contributed by atoms with Gasteiger partial charge in [-0.05, 0) is 6.04 Å². The van der Waals surface area contributed by atoms with Gasteiger partial charge in [0.1, 0.15) is 0 Å². The van der Waals surface area contributed by atoms with E-state index in [4.69, 9.17) is 13.3 Å². The minimum absolute atomic E-state index is 0.715. The first kappa shape index (κ1) is 12.4. The molecule has 0 N–H and O–H groups in total. The lowest BCUT2D eigenvalue weighted by molar-refractivity contribution is -0.0927. The number of hydrogen-bond acceptors (Lipinski definition) is 3. The Bertz CT molecular complexity index is 129. The highest BCUT2D eigenvalue weighted by molar-refractivity contribution is 6.53. The van der Waals surface area contributed by atoms with E-state index in [0.717, 1.165) is 6.04 Å². The van der Waals surface area contributed by atoms with Crippen LogP contribution in [0.3, 0.4) is 0 Å². The lowest BCUT2D eigenvalue weighted by Crippen LogP contribution is -2.13. The first-order valence-corrected chi connectivity index (χ1v) is 8.74. The monoisotopic (exact) mass is 234 g/mol. The summed E-state index contributed by atoms with van der Waals surface area (Å²) < 4.78 is 15.4. The normalized spacial score (nSPS) is 23.4. The third-order valence-corrected chi connectivity index (χ3v) is 6.29. The van der Waals surface area contributed by atoms with Crippen molar-refractivity contribution in [1.29, 1.82) is 0 Å². The Morgan fingerprint density at radius 2 is 1.71 bits per heavy atom. The van der Waals surface area contributed by atoms with Crippen molar-refractivity contribution in [2.75, 3.05) is 0 Å². The molecule has 1 rings (SSSR count). The number of rotatable bonds is 8. The topological polar surface area (TPSA) is 27.7 Å². The molecule has 1 aliphatic heterocycles. The SMILES string of the molecule is CCCCCCCCC[SiH]1OO[SiH2]O1. The van der Waals surface area contributed by atoms with Gasteiger partial charge in [-0.3, -0.25) is 9.15 Å². The molecule has 1 fully saturated rings. The van der Waals surface area contributed by atoms with E-state index in [2.05, 4.69) is 6.92 Å². The molecule has 1 unspecified atom stereocenters. The standard InChI is InChI=1S/C9H22O3Si2/c1-2-3-4-5-6-7-8-9-14-11-10-13-12-14/h14H,2-9,13H2,1H3. The minimum atomic E-state index is -1.31. The average Bonchev–Trinajstić information content (AvgIpc) is 2.69. The van der Waals surface area contributed by atoms with Crippen LogP contribution >= 0.6 is 0 Å². The zero-order chi connectivity index (χ0) is 10.1.